The summed E-state index contributed by atoms with van der Waals surface area (Å²) in [5.74, 6) is 0. The Kier molecular flexibility index (Phi) is 2.53. The molecule has 0 radical (unpaired) electrons. The molecule has 0 bridgehead atoms. The van der Waals surface area contributed by atoms with E-state index in [4.69, 9.17) is 10.7 Å². The van der Waals surface area contributed by atoms with Crippen molar-refractivity contribution in [1.29, 1.82) is 0 Å². The average Bonchev–Trinajstić information content (AvgIpc) is 2.03. The molecule has 0 fully saturated rings. The van der Waals surface area contributed by atoms with Crippen molar-refractivity contribution in [2.75, 3.05) is 0 Å². The highest BCUT2D eigenvalue weighted by Crippen LogP contribution is 2.25. The van der Waals surface area contributed by atoms with Crippen LogP contribution >= 0.6 is 10.7 Å². The van der Waals surface area contributed by atoms with Crippen LogP contribution in [0.4, 0.5) is 5.69 Å². The molecule has 0 aliphatic rings. The van der Waals surface area contributed by atoms with Gasteiger partial charge in [0.05, 0.1) is 4.92 Å². The van der Waals surface area contributed by atoms with Crippen molar-refractivity contribution in [3.63, 3.8) is 0 Å². The van der Waals surface area contributed by atoms with Gasteiger partial charge in [0.25, 0.3) is 14.7 Å². The topological polar surface area (TPSA) is 77.3 Å². The van der Waals surface area contributed by atoms with E-state index in [1.165, 1.54) is 12.1 Å². The Bertz CT molecular complexity index is 447. The maximum absolute atomic E-state index is 10.8. The van der Waals surface area contributed by atoms with E-state index in [0.29, 0.717) is 0 Å². The molecule has 0 amide bonds. The van der Waals surface area contributed by atoms with Crippen molar-refractivity contribution >= 4 is 25.4 Å². The average molecular weight is 224 g/mol. The van der Waals surface area contributed by atoms with Gasteiger partial charge in [-0.3, -0.25) is 10.1 Å². The van der Waals surface area contributed by atoms with Gasteiger partial charge < -0.3 is 0 Å². The fraction of sp³-hybridized carbons (Fsp3) is 0. The summed E-state index contributed by atoms with van der Waals surface area (Å²) >= 11 is 0. The number of nitrogens with zero attached hydrogens (tertiary/aromatic N) is 1. The highest BCUT2D eigenvalue weighted by Gasteiger charge is 2.22. The van der Waals surface area contributed by atoms with Gasteiger partial charge in [-0.15, -0.1) is 0 Å². The van der Waals surface area contributed by atoms with Gasteiger partial charge in [0.1, 0.15) is 0 Å². The van der Waals surface area contributed by atoms with Crippen molar-refractivity contribution in [3.05, 3.63) is 34.4 Å². The Morgan fingerprint density at radius 2 is 1.92 bits per heavy atom. The summed E-state index contributed by atoms with van der Waals surface area (Å²) in [6.07, 6.45) is 0. The second-order valence-corrected chi connectivity index (χ2v) is 4.70. The molecule has 0 aromatic heterocycles. The predicted octanol–water partition coefficient (Wildman–Crippen LogP) is 1.77. The normalized spacial score (nSPS) is 11.2. The SMILES string of the molecule is O=[N+]([O-])c1ccccc1S(=O)(=O)Cl.[HH]. The van der Waals surface area contributed by atoms with E-state index in [-0.39, 0.29) is 1.43 Å². The zero-order valence-corrected chi connectivity index (χ0v) is 7.75. The third-order valence-corrected chi connectivity index (χ3v) is 2.69. The van der Waals surface area contributed by atoms with Crippen LogP contribution in [-0.2, 0) is 9.05 Å². The monoisotopic (exact) mass is 223 g/mol. The van der Waals surface area contributed by atoms with Crippen LogP contribution in [0.25, 0.3) is 0 Å². The number of hydrogen-bond acceptors (Lipinski definition) is 4. The van der Waals surface area contributed by atoms with Gasteiger partial charge in [0.15, 0.2) is 4.90 Å². The lowest BCUT2D eigenvalue weighted by molar-refractivity contribution is -0.387. The van der Waals surface area contributed by atoms with Crippen LogP contribution in [0.3, 0.4) is 0 Å². The summed E-state index contributed by atoms with van der Waals surface area (Å²) in [6, 6.07) is 4.89. The Morgan fingerprint density at radius 1 is 1.38 bits per heavy atom. The number of nitro benzene ring substituents is 1. The number of rotatable bonds is 2. The molecule has 0 unspecified atom stereocenters. The summed E-state index contributed by atoms with van der Waals surface area (Å²) in [4.78, 5) is 9.07. The minimum absolute atomic E-state index is 0. The molecule has 72 valence electrons. The predicted molar refractivity (Wildman–Crippen MR) is 48.2 cm³/mol. The largest absolute Gasteiger partial charge is 0.289 e. The number of benzene rings is 1. The van der Waals surface area contributed by atoms with Crippen molar-refractivity contribution in [2.45, 2.75) is 4.90 Å². The van der Waals surface area contributed by atoms with Crippen LogP contribution in [0.2, 0.25) is 0 Å². The van der Waals surface area contributed by atoms with E-state index in [9.17, 15) is 18.5 Å². The third kappa shape index (κ3) is 2.16. The number of para-hydroxylation sites is 1. The fourth-order valence-corrected chi connectivity index (χ4v) is 1.84. The molecule has 1 rings (SSSR count). The number of halogens is 1. The van der Waals surface area contributed by atoms with Gasteiger partial charge in [0.2, 0.25) is 0 Å². The van der Waals surface area contributed by atoms with Crippen molar-refractivity contribution in [2.24, 2.45) is 0 Å². The van der Waals surface area contributed by atoms with E-state index in [2.05, 4.69) is 0 Å². The first-order valence-corrected chi connectivity index (χ1v) is 5.42. The number of hydrogen-bond donors (Lipinski definition) is 0. The van der Waals surface area contributed by atoms with Gasteiger partial charge in [-0.25, -0.2) is 8.42 Å². The smallest absolute Gasteiger partial charge is 0.258 e. The van der Waals surface area contributed by atoms with Crippen molar-refractivity contribution in [1.82, 2.24) is 0 Å². The molecule has 0 aliphatic carbocycles. The molecule has 0 N–H and O–H groups in total. The van der Waals surface area contributed by atoms with Gasteiger partial charge in [0, 0.05) is 18.2 Å². The van der Waals surface area contributed by atoms with Gasteiger partial charge >= 0.3 is 0 Å². The van der Waals surface area contributed by atoms with Crippen LogP contribution in [0.5, 0.6) is 0 Å². The Morgan fingerprint density at radius 3 is 2.31 bits per heavy atom. The molecule has 0 aliphatic heterocycles. The molecule has 7 heteroatoms. The second-order valence-electron chi connectivity index (χ2n) is 2.16. The van der Waals surface area contributed by atoms with E-state index < -0.39 is 24.6 Å². The molecule has 13 heavy (non-hydrogen) atoms. The quantitative estimate of drug-likeness (QED) is 0.435. The third-order valence-electron chi connectivity index (χ3n) is 1.32. The van der Waals surface area contributed by atoms with Crippen molar-refractivity contribution < 1.29 is 14.8 Å². The molecular formula is C6H6ClNO4S. The van der Waals surface area contributed by atoms with Crippen LogP contribution < -0.4 is 0 Å². The summed E-state index contributed by atoms with van der Waals surface area (Å²) in [5.41, 5.74) is -0.516. The maximum atomic E-state index is 10.8. The van der Waals surface area contributed by atoms with Gasteiger partial charge in [-0.2, -0.15) is 0 Å². The molecule has 0 saturated carbocycles. The Labute approximate surface area is 80.0 Å². The lowest BCUT2D eigenvalue weighted by atomic mass is 10.3. The molecule has 1 aromatic carbocycles. The zero-order valence-electron chi connectivity index (χ0n) is 6.18. The van der Waals surface area contributed by atoms with E-state index in [1.54, 1.807) is 0 Å². The zero-order chi connectivity index (χ0) is 10.1. The highest BCUT2D eigenvalue weighted by molar-refractivity contribution is 8.13. The van der Waals surface area contributed by atoms with Gasteiger partial charge in [-0.05, 0) is 6.07 Å². The molecule has 0 spiro atoms. The first kappa shape index (κ1) is 9.94. The van der Waals surface area contributed by atoms with Crippen molar-refractivity contribution in [3.8, 4) is 0 Å². The van der Waals surface area contributed by atoms with Crippen LogP contribution in [0, 0.1) is 10.1 Å². The van der Waals surface area contributed by atoms with Crippen LogP contribution in [0.15, 0.2) is 29.2 Å². The molecule has 5 nitrogen and oxygen atoms in total. The summed E-state index contributed by atoms with van der Waals surface area (Å²) in [5, 5.41) is 10.4. The molecular weight excluding hydrogens is 218 g/mol. The first-order valence-electron chi connectivity index (χ1n) is 3.11. The summed E-state index contributed by atoms with van der Waals surface area (Å²) in [7, 11) is 0.928. The first-order chi connectivity index (χ1) is 5.93. The Hall–Kier alpha value is -1.14. The lowest BCUT2D eigenvalue weighted by Gasteiger charge is -1.96. The van der Waals surface area contributed by atoms with E-state index >= 15 is 0 Å². The van der Waals surface area contributed by atoms with E-state index in [0.717, 1.165) is 12.1 Å². The fourth-order valence-electron chi connectivity index (χ4n) is 0.814. The van der Waals surface area contributed by atoms with Crippen LogP contribution in [0.1, 0.15) is 1.43 Å². The van der Waals surface area contributed by atoms with Gasteiger partial charge in [-0.1, -0.05) is 12.1 Å². The maximum Gasteiger partial charge on any atom is 0.289 e. The highest BCUT2D eigenvalue weighted by atomic mass is 35.7. The summed E-state index contributed by atoms with van der Waals surface area (Å²) < 4.78 is 21.6. The second kappa shape index (κ2) is 3.31. The minimum Gasteiger partial charge on any atom is -0.258 e. The molecule has 1 aromatic rings. The molecule has 0 saturated heterocycles. The van der Waals surface area contributed by atoms with Crippen LogP contribution in [-0.4, -0.2) is 13.3 Å². The minimum atomic E-state index is -4.05. The number of nitro groups is 1. The van der Waals surface area contributed by atoms with E-state index in [1.807, 2.05) is 0 Å². The molecule has 0 atom stereocenters. The standard InChI is InChI=1S/C6H4ClNO4S.H2/c7-13(11,12)6-4-2-1-3-5(6)8(9)10;/h1-4H;1H. The summed E-state index contributed by atoms with van der Waals surface area (Å²) in [6.45, 7) is 0. The molecule has 0 heterocycles. The Balaban J connectivity index is 0.00000169. The lowest BCUT2D eigenvalue weighted by Crippen LogP contribution is -1.97.